The van der Waals surface area contributed by atoms with Crippen molar-refractivity contribution in [3.8, 4) is 11.6 Å². The molecule has 25 heavy (non-hydrogen) atoms. The van der Waals surface area contributed by atoms with Crippen LogP contribution in [0.2, 0.25) is 0 Å². The summed E-state index contributed by atoms with van der Waals surface area (Å²) >= 11 is 1.22. The van der Waals surface area contributed by atoms with Crippen LogP contribution in [0.5, 0.6) is 0 Å². The van der Waals surface area contributed by atoms with Crippen molar-refractivity contribution < 1.29 is 9.34 Å². The molecule has 10 heteroatoms. The van der Waals surface area contributed by atoms with Gasteiger partial charge < -0.3 is 10.3 Å². The van der Waals surface area contributed by atoms with Gasteiger partial charge in [0.1, 0.15) is 0 Å². The molecule has 3 heterocycles. The number of rotatable bonds is 4. The lowest BCUT2D eigenvalue weighted by Crippen LogP contribution is -2.11. The molecule has 1 aromatic carbocycles. The summed E-state index contributed by atoms with van der Waals surface area (Å²) in [7, 11) is 0. The second-order valence-corrected chi connectivity index (χ2v) is 6.00. The maximum Gasteiger partial charge on any atom is 0.278 e. The average Bonchev–Trinajstić information content (AvgIpc) is 3.25. The number of pyridine rings is 1. The zero-order chi connectivity index (χ0) is 17.4. The van der Waals surface area contributed by atoms with Crippen LogP contribution >= 0.6 is 11.8 Å². The Labute approximate surface area is 144 Å². The minimum atomic E-state index is -0.432. The van der Waals surface area contributed by atoms with Crippen LogP contribution in [-0.4, -0.2) is 24.8 Å². The topological polar surface area (TPSA) is 126 Å². The van der Waals surface area contributed by atoms with Crippen LogP contribution in [0.1, 0.15) is 0 Å². The number of benzene rings is 1. The van der Waals surface area contributed by atoms with Crippen LogP contribution in [0, 0.1) is 10.1 Å². The molecular weight excluding hydrogens is 344 g/mol. The summed E-state index contributed by atoms with van der Waals surface area (Å²) in [5.74, 6) is 6.92. The monoisotopic (exact) mass is 354 g/mol. The van der Waals surface area contributed by atoms with Crippen molar-refractivity contribution in [3.63, 3.8) is 0 Å². The quantitative estimate of drug-likeness (QED) is 0.337. The van der Waals surface area contributed by atoms with Gasteiger partial charge >= 0.3 is 0 Å². The van der Waals surface area contributed by atoms with Crippen LogP contribution in [-0.2, 0) is 0 Å². The van der Waals surface area contributed by atoms with Gasteiger partial charge in [-0.05, 0) is 42.1 Å². The van der Waals surface area contributed by atoms with Gasteiger partial charge in [-0.3, -0.25) is 15.1 Å². The second kappa shape index (κ2) is 5.91. The Morgan fingerprint density at radius 1 is 1.20 bits per heavy atom. The van der Waals surface area contributed by atoms with Gasteiger partial charge in [-0.25, -0.2) is 4.68 Å². The number of nitro groups is 1. The van der Waals surface area contributed by atoms with Gasteiger partial charge in [-0.15, -0.1) is 10.2 Å². The largest absolute Gasteiger partial charge is 0.461 e. The van der Waals surface area contributed by atoms with Crippen molar-refractivity contribution in [2.24, 2.45) is 0 Å². The number of hydrogen-bond donors (Lipinski definition) is 1. The molecule has 0 amide bonds. The lowest BCUT2D eigenvalue weighted by atomic mass is 10.2. The van der Waals surface area contributed by atoms with E-state index in [0.717, 1.165) is 0 Å². The van der Waals surface area contributed by atoms with Gasteiger partial charge in [0.25, 0.3) is 5.69 Å². The number of furan rings is 1. The minimum Gasteiger partial charge on any atom is -0.461 e. The molecule has 0 fully saturated rings. The van der Waals surface area contributed by atoms with Crippen LogP contribution in [0.4, 0.5) is 5.69 Å². The molecule has 0 aliphatic carbocycles. The highest BCUT2D eigenvalue weighted by atomic mass is 32.2. The third-order valence-corrected chi connectivity index (χ3v) is 4.52. The first-order chi connectivity index (χ1) is 12.1. The van der Waals surface area contributed by atoms with Gasteiger partial charge in [-0.2, -0.15) is 0 Å². The van der Waals surface area contributed by atoms with Gasteiger partial charge in [-0.1, -0.05) is 0 Å². The summed E-state index contributed by atoms with van der Waals surface area (Å²) in [4.78, 5) is 15.7. The predicted molar refractivity (Wildman–Crippen MR) is 90.4 cm³/mol. The average molecular weight is 354 g/mol. The fourth-order valence-corrected chi connectivity index (χ4v) is 3.25. The van der Waals surface area contributed by atoms with E-state index in [4.69, 9.17) is 10.3 Å². The first kappa shape index (κ1) is 15.1. The van der Waals surface area contributed by atoms with E-state index in [9.17, 15) is 10.1 Å². The first-order valence-corrected chi connectivity index (χ1v) is 7.91. The van der Waals surface area contributed by atoms with Crippen molar-refractivity contribution >= 4 is 28.4 Å². The number of nitrogen functional groups attached to an aromatic ring is 1. The summed E-state index contributed by atoms with van der Waals surface area (Å²) < 4.78 is 6.58. The zero-order valence-electron chi connectivity index (χ0n) is 12.6. The summed E-state index contributed by atoms with van der Waals surface area (Å²) in [6.07, 6.45) is 3.10. The van der Waals surface area contributed by atoms with E-state index in [1.165, 1.54) is 28.8 Å². The van der Waals surface area contributed by atoms with Crippen molar-refractivity contribution in [3.05, 3.63) is 59.0 Å². The fourth-order valence-electron chi connectivity index (χ4n) is 2.39. The van der Waals surface area contributed by atoms with Crippen LogP contribution in [0.15, 0.2) is 63.3 Å². The Morgan fingerprint density at radius 2 is 2.08 bits per heavy atom. The number of nitrogens with two attached hydrogens (primary N) is 1. The van der Waals surface area contributed by atoms with Crippen molar-refractivity contribution in [2.75, 3.05) is 5.84 Å². The van der Waals surface area contributed by atoms with Gasteiger partial charge in [0.05, 0.1) is 22.1 Å². The SMILES string of the molecule is Nn1c(Sc2ccc([N+](=O)[O-])c3cccnc23)nnc1-c1ccco1. The molecule has 0 radical (unpaired) electrons. The Kier molecular flexibility index (Phi) is 3.58. The molecule has 0 aliphatic rings. The summed E-state index contributed by atoms with van der Waals surface area (Å²) in [6.45, 7) is 0. The molecule has 0 spiro atoms. The Balaban J connectivity index is 1.78. The van der Waals surface area contributed by atoms with E-state index in [-0.39, 0.29) is 5.69 Å². The Morgan fingerprint density at radius 3 is 2.84 bits per heavy atom. The van der Waals surface area contributed by atoms with E-state index in [2.05, 4.69) is 15.2 Å². The van der Waals surface area contributed by atoms with E-state index in [1.807, 2.05) is 0 Å². The van der Waals surface area contributed by atoms with Crippen molar-refractivity contribution in [1.82, 2.24) is 19.9 Å². The molecule has 4 rings (SSSR count). The zero-order valence-corrected chi connectivity index (χ0v) is 13.4. The molecule has 0 aliphatic heterocycles. The predicted octanol–water partition coefficient (Wildman–Crippen LogP) is 2.86. The van der Waals surface area contributed by atoms with Gasteiger partial charge in [0.2, 0.25) is 11.0 Å². The first-order valence-electron chi connectivity index (χ1n) is 7.09. The maximum atomic E-state index is 11.2. The van der Waals surface area contributed by atoms with Crippen molar-refractivity contribution in [1.29, 1.82) is 0 Å². The molecule has 2 N–H and O–H groups in total. The molecule has 9 nitrogen and oxygen atoms in total. The highest BCUT2D eigenvalue weighted by Crippen LogP contribution is 2.35. The lowest BCUT2D eigenvalue weighted by Gasteiger charge is -2.06. The van der Waals surface area contributed by atoms with Crippen LogP contribution in [0.25, 0.3) is 22.5 Å². The van der Waals surface area contributed by atoms with E-state index in [0.29, 0.717) is 32.5 Å². The summed E-state index contributed by atoms with van der Waals surface area (Å²) in [5, 5.41) is 20.1. The number of non-ortho nitro benzene ring substituents is 1. The van der Waals surface area contributed by atoms with Gasteiger partial charge in [0, 0.05) is 17.2 Å². The molecule has 0 saturated heterocycles. The molecular formula is C15H10N6O3S. The van der Waals surface area contributed by atoms with E-state index in [1.54, 1.807) is 36.5 Å². The molecule has 0 unspecified atom stereocenters. The molecule has 124 valence electrons. The Bertz CT molecular complexity index is 1080. The second-order valence-electron chi connectivity index (χ2n) is 5.00. The highest BCUT2D eigenvalue weighted by molar-refractivity contribution is 7.99. The third kappa shape index (κ3) is 2.58. The number of aromatic nitrogens is 4. The molecule has 3 aromatic heterocycles. The molecule has 4 aromatic rings. The fraction of sp³-hybridized carbons (Fsp3) is 0. The van der Waals surface area contributed by atoms with Gasteiger partial charge in [0.15, 0.2) is 5.76 Å². The van der Waals surface area contributed by atoms with Crippen LogP contribution < -0.4 is 5.84 Å². The van der Waals surface area contributed by atoms with Crippen LogP contribution in [0.3, 0.4) is 0 Å². The molecule has 0 bridgehead atoms. The summed E-state index contributed by atoms with van der Waals surface area (Å²) in [5.41, 5.74) is 0.502. The number of hydrogen-bond acceptors (Lipinski definition) is 8. The van der Waals surface area contributed by atoms with E-state index >= 15 is 0 Å². The lowest BCUT2D eigenvalue weighted by molar-refractivity contribution is -0.383. The molecule has 0 saturated carbocycles. The number of nitrogens with zero attached hydrogens (tertiary/aromatic N) is 5. The minimum absolute atomic E-state index is 0.00191. The normalized spacial score (nSPS) is 11.0. The summed E-state index contributed by atoms with van der Waals surface area (Å²) in [6, 6.07) is 9.84. The number of nitro benzene ring substituents is 1. The Hall–Kier alpha value is -3.40. The maximum absolute atomic E-state index is 11.2. The molecule has 0 atom stereocenters. The standard InChI is InChI=1S/C15H10N6O3S/c16-20-14(11-4-2-8-24-11)18-19-15(20)25-12-6-5-10(21(22)23)9-3-1-7-17-13(9)12/h1-8H,16H2. The van der Waals surface area contributed by atoms with E-state index < -0.39 is 4.92 Å². The number of fused-ring (bicyclic) bond motifs is 1. The smallest absolute Gasteiger partial charge is 0.278 e. The third-order valence-electron chi connectivity index (χ3n) is 3.51. The highest BCUT2D eigenvalue weighted by Gasteiger charge is 2.19. The van der Waals surface area contributed by atoms with Crippen molar-refractivity contribution in [2.45, 2.75) is 10.1 Å².